The van der Waals surface area contributed by atoms with E-state index in [2.05, 4.69) is 10.6 Å². The van der Waals surface area contributed by atoms with Gasteiger partial charge in [-0.3, -0.25) is 14.9 Å². The monoisotopic (exact) mass is 267 g/mol. The van der Waals surface area contributed by atoms with Crippen LogP contribution < -0.4 is 15.4 Å². The maximum Gasteiger partial charge on any atom is 0.312 e. The Balaban J connectivity index is 3.01. The van der Waals surface area contributed by atoms with Crippen LogP contribution in [0.5, 0.6) is 5.75 Å². The summed E-state index contributed by atoms with van der Waals surface area (Å²) >= 11 is 0. The average Bonchev–Trinajstić information content (AvgIpc) is 2.38. The lowest BCUT2D eigenvalue weighted by Gasteiger charge is -2.22. The Kier molecular flexibility index (Phi) is 4.44. The molecule has 0 aliphatic heterocycles. The van der Waals surface area contributed by atoms with E-state index in [1.54, 1.807) is 27.0 Å². The zero-order valence-corrected chi connectivity index (χ0v) is 11.3. The van der Waals surface area contributed by atoms with Gasteiger partial charge in [0.25, 0.3) is 0 Å². The van der Waals surface area contributed by atoms with E-state index in [9.17, 15) is 14.9 Å². The molecule has 0 saturated carbocycles. The number of anilines is 1. The smallest absolute Gasteiger partial charge is 0.312 e. The molecule has 7 nitrogen and oxygen atoms in total. The largest absolute Gasteiger partial charge is 0.490 e. The third kappa shape index (κ3) is 3.41. The highest BCUT2D eigenvalue weighted by Gasteiger charge is 2.26. The summed E-state index contributed by atoms with van der Waals surface area (Å²) in [5, 5.41) is 16.3. The summed E-state index contributed by atoms with van der Waals surface area (Å²) in [5.41, 5.74) is -0.613. The van der Waals surface area contributed by atoms with E-state index in [-0.39, 0.29) is 17.3 Å². The van der Waals surface area contributed by atoms with Crippen LogP contribution in [0.25, 0.3) is 0 Å². The van der Waals surface area contributed by atoms with Gasteiger partial charge in [-0.2, -0.15) is 0 Å². The summed E-state index contributed by atoms with van der Waals surface area (Å²) in [5.74, 6) is -0.134. The van der Waals surface area contributed by atoms with E-state index in [0.717, 1.165) is 0 Å². The van der Waals surface area contributed by atoms with Crippen molar-refractivity contribution in [3.8, 4) is 5.75 Å². The molecule has 0 heterocycles. The first-order valence-corrected chi connectivity index (χ1v) is 5.64. The number of benzene rings is 1. The van der Waals surface area contributed by atoms with Crippen molar-refractivity contribution >= 4 is 17.3 Å². The fraction of sp³-hybridized carbons (Fsp3) is 0.417. The molecule has 0 aliphatic carbocycles. The molecule has 0 unspecified atom stereocenters. The van der Waals surface area contributed by atoms with Crippen LogP contribution in [0.2, 0.25) is 0 Å². The molecule has 0 aliphatic rings. The van der Waals surface area contributed by atoms with Crippen LogP contribution in [-0.2, 0) is 4.79 Å². The minimum atomic E-state index is -0.769. The van der Waals surface area contributed by atoms with Crippen LogP contribution in [-0.4, -0.2) is 30.5 Å². The molecule has 0 aromatic heterocycles. The van der Waals surface area contributed by atoms with Crippen molar-refractivity contribution in [1.82, 2.24) is 5.32 Å². The van der Waals surface area contributed by atoms with Gasteiger partial charge in [-0.15, -0.1) is 0 Å². The summed E-state index contributed by atoms with van der Waals surface area (Å²) in [4.78, 5) is 22.2. The Morgan fingerprint density at radius 3 is 2.53 bits per heavy atom. The van der Waals surface area contributed by atoms with Crippen LogP contribution in [0.3, 0.4) is 0 Å². The molecule has 2 N–H and O–H groups in total. The van der Waals surface area contributed by atoms with Crippen molar-refractivity contribution < 1.29 is 14.5 Å². The highest BCUT2D eigenvalue weighted by Crippen LogP contribution is 2.29. The summed E-state index contributed by atoms with van der Waals surface area (Å²) in [7, 11) is 3.01. The zero-order chi connectivity index (χ0) is 14.6. The molecule has 1 amide bonds. The number of carbonyl (C=O) groups excluding carboxylic acids is 1. The molecule has 0 saturated heterocycles. The van der Waals surface area contributed by atoms with E-state index in [0.29, 0.717) is 5.69 Å². The Hall–Kier alpha value is -2.15. The van der Waals surface area contributed by atoms with Crippen LogP contribution >= 0.6 is 0 Å². The standard InChI is InChI=1S/C12H17N3O4/c1-12(2,13-3)11(16)14-8-5-6-10(19-4)9(7-8)15(17)18/h5-7,13H,1-4H3,(H,14,16). The SMILES string of the molecule is CNC(C)(C)C(=O)Nc1ccc(OC)c([N+](=O)[O-])c1. The number of nitro benzene ring substituents is 1. The zero-order valence-electron chi connectivity index (χ0n) is 11.3. The Labute approximate surface area is 111 Å². The number of methoxy groups -OCH3 is 1. The number of rotatable bonds is 5. The Morgan fingerprint density at radius 2 is 2.05 bits per heavy atom. The van der Waals surface area contributed by atoms with Crippen molar-refractivity contribution in [2.75, 3.05) is 19.5 Å². The van der Waals surface area contributed by atoms with Gasteiger partial charge in [0.2, 0.25) is 5.91 Å². The second-order valence-electron chi connectivity index (χ2n) is 4.47. The first-order chi connectivity index (χ1) is 8.81. The van der Waals surface area contributed by atoms with E-state index in [1.165, 1.54) is 19.2 Å². The fourth-order valence-electron chi connectivity index (χ4n) is 1.31. The van der Waals surface area contributed by atoms with Gasteiger partial charge in [-0.1, -0.05) is 0 Å². The molecular formula is C12H17N3O4. The maximum atomic E-state index is 11.9. The number of hydrogen-bond donors (Lipinski definition) is 2. The Bertz CT molecular complexity index is 500. The van der Waals surface area contributed by atoms with Gasteiger partial charge in [0.15, 0.2) is 5.75 Å². The fourth-order valence-corrected chi connectivity index (χ4v) is 1.31. The molecule has 19 heavy (non-hydrogen) atoms. The van der Waals surface area contributed by atoms with Crippen molar-refractivity contribution in [1.29, 1.82) is 0 Å². The van der Waals surface area contributed by atoms with Gasteiger partial charge in [0.1, 0.15) is 0 Å². The number of ether oxygens (including phenoxy) is 1. The van der Waals surface area contributed by atoms with Crippen molar-refractivity contribution in [3.63, 3.8) is 0 Å². The van der Waals surface area contributed by atoms with Crippen molar-refractivity contribution in [3.05, 3.63) is 28.3 Å². The topological polar surface area (TPSA) is 93.5 Å². The molecule has 0 radical (unpaired) electrons. The molecule has 0 atom stereocenters. The van der Waals surface area contributed by atoms with Crippen LogP contribution in [0.4, 0.5) is 11.4 Å². The van der Waals surface area contributed by atoms with Gasteiger partial charge in [-0.25, -0.2) is 0 Å². The molecular weight excluding hydrogens is 250 g/mol. The maximum absolute atomic E-state index is 11.9. The highest BCUT2D eigenvalue weighted by molar-refractivity contribution is 5.97. The molecule has 1 aromatic carbocycles. The summed E-state index contributed by atoms with van der Waals surface area (Å²) in [6, 6.07) is 4.26. The number of nitrogens with one attached hydrogen (secondary N) is 2. The minimum absolute atomic E-state index is 0.149. The predicted molar refractivity (Wildman–Crippen MR) is 71.4 cm³/mol. The minimum Gasteiger partial charge on any atom is -0.490 e. The molecule has 1 aromatic rings. The van der Waals surface area contributed by atoms with Crippen LogP contribution in [0, 0.1) is 10.1 Å². The second-order valence-corrected chi connectivity index (χ2v) is 4.47. The van der Waals surface area contributed by atoms with E-state index < -0.39 is 10.5 Å². The number of carbonyl (C=O) groups is 1. The van der Waals surface area contributed by atoms with Gasteiger partial charge in [-0.05, 0) is 33.0 Å². The quantitative estimate of drug-likeness (QED) is 0.623. The summed E-state index contributed by atoms with van der Waals surface area (Å²) < 4.78 is 4.89. The number of likely N-dealkylation sites (N-methyl/N-ethyl adjacent to an activating group) is 1. The number of amides is 1. The molecule has 0 fully saturated rings. The lowest BCUT2D eigenvalue weighted by molar-refractivity contribution is -0.385. The van der Waals surface area contributed by atoms with E-state index in [1.807, 2.05) is 0 Å². The highest BCUT2D eigenvalue weighted by atomic mass is 16.6. The second kappa shape index (κ2) is 5.66. The molecule has 104 valence electrons. The average molecular weight is 267 g/mol. The number of hydrogen-bond acceptors (Lipinski definition) is 5. The van der Waals surface area contributed by atoms with Crippen LogP contribution in [0.1, 0.15) is 13.8 Å². The van der Waals surface area contributed by atoms with Gasteiger partial charge >= 0.3 is 5.69 Å². The van der Waals surface area contributed by atoms with Gasteiger partial charge in [0, 0.05) is 11.8 Å². The Morgan fingerprint density at radius 1 is 1.42 bits per heavy atom. The van der Waals surface area contributed by atoms with Crippen LogP contribution in [0.15, 0.2) is 18.2 Å². The van der Waals surface area contributed by atoms with Gasteiger partial charge < -0.3 is 15.4 Å². The lowest BCUT2D eigenvalue weighted by atomic mass is 10.1. The van der Waals surface area contributed by atoms with Gasteiger partial charge in [0.05, 0.1) is 17.6 Å². The summed E-state index contributed by atoms with van der Waals surface area (Å²) in [6.07, 6.45) is 0. The van der Waals surface area contributed by atoms with E-state index >= 15 is 0 Å². The predicted octanol–water partition coefficient (Wildman–Crippen LogP) is 1.54. The van der Waals surface area contributed by atoms with E-state index in [4.69, 9.17) is 4.74 Å². The molecule has 7 heteroatoms. The normalized spacial score (nSPS) is 10.9. The molecule has 0 bridgehead atoms. The first kappa shape index (κ1) is 14.9. The number of nitrogens with zero attached hydrogens (tertiary/aromatic N) is 1. The van der Waals surface area contributed by atoms with Crippen molar-refractivity contribution in [2.24, 2.45) is 0 Å². The molecule has 0 spiro atoms. The third-order valence-electron chi connectivity index (χ3n) is 2.83. The summed E-state index contributed by atoms with van der Waals surface area (Å²) in [6.45, 7) is 3.42. The first-order valence-electron chi connectivity index (χ1n) is 5.64. The third-order valence-corrected chi connectivity index (χ3v) is 2.83. The number of nitro groups is 1. The van der Waals surface area contributed by atoms with Crippen molar-refractivity contribution in [2.45, 2.75) is 19.4 Å². The lowest BCUT2D eigenvalue weighted by Crippen LogP contribution is -2.47. The molecule has 1 rings (SSSR count).